The van der Waals surface area contributed by atoms with Gasteiger partial charge in [0, 0.05) is 38.8 Å². The van der Waals surface area contributed by atoms with Gasteiger partial charge in [0.1, 0.15) is 5.82 Å². The zero-order valence-electron chi connectivity index (χ0n) is 16.4. The molecule has 2 fully saturated rings. The summed E-state index contributed by atoms with van der Waals surface area (Å²) in [5.41, 5.74) is 0.596. The summed E-state index contributed by atoms with van der Waals surface area (Å²) in [6.07, 6.45) is 1.43. The molecular formula is C20H29FN4O3. The molecule has 1 N–H and O–H groups in total. The number of piperidine rings is 1. The third-order valence-corrected chi connectivity index (χ3v) is 5.29. The summed E-state index contributed by atoms with van der Waals surface area (Å²) in [6, 6.07) is 6.76. The van der Waals surface area contributed by atoms with Crippen molar-refractivity contribution >= 4 is 17.7 Å². The van der Waals surface area contributed by atoms with Crippen molar-refractivity contribution in [3.05, 3.63) is 30.1 Å². The van der Waals surface area contributed by atoms with Crippen molar-refractivity contribution in [2.75, 3.05) is 57.3 Å². The number of alkyl carbamates (subject to hydrolysis) is 1. The molecule has 1 atom stereocenters. The van der Waals surface area contributed by atoms with Crippen LogP contribution in [0.3, 0.4) is 0 Å². The molecule has 0 bridgehead atoms. The number of amides is 2. The maximum absolute atomic E-state index is 13.9. The second-order valence-corrected chi connectivity index (χ2v) is 7.26. The van der Waals surface area contributed by atoms with Crippen molar-refractivity contribution < 1.29 is 18.7 Å². The third-order valence-electron chi connectivity index (χ3n) is 5.29. The van der Waals surface area contributed by atoms with Gasteiger partial charge in [-0.3, -0.25) is 9.69 Å². The van der Waals surface area contributed by atoms with E-state index in [1.165, 1.54) is 6.07 Å². The molecule has 2 aliphatic rings. The van der Waals surface area contributed by atoms with E-state index in [0.717, 1.165) is 19.4 Å². The van der Waals surface area contributed by atoms with E-state index in [2.05, 4.69) is 10.2 Å². The lowest BCUT2D eigenvalue weighted by Gasteiger charge is -2.38. The number of anilines is 1. The van der Waals surface area contributed by atoms with Crippen LogP contribution in [0, 0.1) is 5.82 Å². The van der Waals surface area contributed by atoms with Crippen LogP contribution in [0.15, 0.2) is 24.3 Å². The lowest BCUT2D eigenvalue weighted by molar-refractivity contribution is -0.133. The van der Waals surface area contributed by atoms with Gasteiger partial charge in [-0.2, -0.15) is 0 Å². The summed E-state index contributed by atoms with van der Waals surface area (Å²) in [7, 11) is 0. The van der Waals surface area contributed by atoms with Gasteiger partial charge in [0.2, 0.25) is 5.91 Å². The fourth-order valence-corrected chi connectivity index (χ4v) is 3.85. The Kier molecular flexibility index (Phi) is 7.08. The standard InChI is InChI=1S/C20H29FN4O3/c1-2-28-20(27)22-16-6-5-9-23(14-16)15-19(26)25-12-10-24(11-13-25)18-8-4-3-7-17(18)21/h3-4,7-8,16H,2,5-6,9-15H2,1H3,(H,22,27). The Morgan fingerprint density at radius 3 is 2.64 bits per heavy atom. The van der Waals surface area contributed by atoms with Crippen molar-refractivity contribution in [3.8, 4) is 0 Å². The van der Waals surface area contributed by atoms with Crippen LogP contribution in [0.4, 0.5) is 14.9 Å². The molecule has 7 nitrogen and oxygen atoms in total. The fraction of sp³-hybridized carbons (Fsp3) is 0.600. The van der Waals surface area contributed by atoms with E-state index >= 15 is 0 Å². The molecule has 0 radical (unpaired) electrons. The van der Waals surface area contributed by atoms with Crippen LogP contribution >= 0.6 is 0 Å². The fourth-order valence-electron chi connectivity index (χ4n) is 3.85. The van der Waals surface area contributed by atoms with Crippen molar-refractivity contribution in [1.29, 1.82) is 0 Å². The number of hydrogen-bond donors (Lipinski definition) is 1. The van der Waals surface area contributed by atoms with E-state index in [1.807, 2.05) is 15.9 Å². The summed E-state index contributed by atoms with van der Waals surface area (Å²) in [6.45, 7) is 6.40. The van der Waals surface area contributed by atoms with Crippen LogP contribution in [0.1, 0.15) is 19.8 Å². The maximum atomic E-state index is 13.9. The molecule has 1 aromatic carbocycles. The summed E-state index contributed by atoms with van der Waals surface area (Å²) in [5, 5.41) is 2.86. The van der Waals surface area contributed by atoms with E-state index in [4.69, 9.17) is 4.74 Å². The zero-order chi connectivity index (χ0) is 19.9. The molecule has 0 saturated carbocycles. The van der Waals surface area contributed by atoms with E-state index in [0.29, 0.717) is 51.6 Å². The quantitative estimate of drug-likeness (QED) is 0.826. The molecule has 3 rings (SSSR count). The Morgan fingerprint density at radius 2 is 1.93 bits per heavy atom. The molecule has 2 aliphatic heterocycles. The summed E-state index contributed by atoms with van der Waals surface area (Å²) < 4.78 is 18.9. The van der Waals surface area contributed by atoms with Crippen molar-refractivity contribution in [2.45, 2.75) is 25.8 Å². The Morgan fingerprint density at radius 1 is 1.18 bits per heavy atom. The highest BCUT2D eigenvalue weighted by Gasteiger charge is 2.27. The number of piperazine rings is 1. The predicted octanol–water partition coefficient (Wildman–Crippen LogP) is 1.68. The van der Waals surface area contributed by atoms with Gasteiger partial charge < -0.3 is 19.9 Å². The van der Waals surface area contributed by atoms with Crippen LogP contribution in [0.2, 0.25) is 0 Å². The molecule has 0 aromatic heterocycles. The van der Waals surface area contributed by atoms with E-state index in [1.54, 1.807) is 19.1 Å². The van der Waals surface area contributed by atoms with Crippen LogP contribution in [0.25, 0.3) is 0 Å². The second-order valence-electron chi connectivity index (χ2n) is 7.26. The first-order valence-electron chi connectivity index (χ1n) is 9.99. The van der Waals surface area contributed by atoms with Crippen molar-refractivity contribution in [1.82, 2.24) is 15.1 Å². The van der Waals surface area contributed by atoms with Crippen LogP contribution in [0.5, 0.6) is 0 Å². The number of carbonyl (C=O) groups is 2. The highest BCUT2D eigenvalue weighted by Crippen LogP contribution is 2.20. The zero-order valence-corrected chi connectivity index (χ0v) is 16.4. The number of hydrogen-bond acceptors (Lipinski definition) is 5. The Labute approximate surface area is 165 Å². The largest absolute Gasteiger partial charge is 0.450 e. The molecule has 2 amide bonds. The Bertz CT molecular complexity index is 679. The number of carbonyl (C=O) groups excluding carboxylic acids is 2. The molecule has 28 heavy (non-hydrogen) atoms. The Balaban J connectivity index is 1.45. The summed E-state index contributed by atoms with van der Waals surface area (Å²) >= 11 is 0. The van der Waals surface area contributed by atoms with E-state index in [9.17, 15) is 14.0 Å². The molecule has 0 aliphatic carbocycles. The summed E-state index contributed by atoms with van der Waals surface area (Å²) in [4.78, 5) is 30.2. The minimum atomic E-state index is -0.398. The van der Waals surface area contributed by atoms with E-state index < -0.39 is 6.09 Å². The minimum Gasteiger partial charge on any atom is -0.450 e. The van der Waals surface area contributed by atoms with Crippen molar-refractivity contribution in [2.24, 2.45) is 0 Å². The number of benzene rings is 1. The lowest BCUT2D eigenvalue weighted by Crippen LogP contribution is -2.54. The highest BCUT2D eigenvalue weighted by atomic mass is 19.1. The number of nitrogens with one attached hydrogen (secondary N) is 1. The van der Waals surface area contributed by atoms with Crippen LogP contribution in [-0.4, -0.2) is 80.3 Å². The van der Waals surface area contributed by atoms with Gasteiger partial charge in [0.25, 0.3) is 0 Å². The number of nitrogens with zero attached hydrogens (tertiary/aromatic N) is 3. The lowest BCUT2D eigenvalue weighted by atomic mass is 10.1. The van der Waals surface area contributed by atoms with Gasteiger partial charge in [0.05, 0.1) is 18.8 Å². The number of para-hydroxylation sites is 1. The molecule has 0 spiro atoms. The monoisotopic (exact) mass is 392 g/mol. The summed E-state index contributed by atoms with van der Waals surface area (Å²) in [5.74, 6) is -0.138. The molecule has 154 valence electrons. The van der Waals surface area contributed by atoms with E-state index in [-0.39, 0.29) is 17.8 Å². The van der Waals surface area contributed by atoms with Crippen LogP contribution < -0.4 is 10.2 Å². The number of halogens is 1. The SMILES string of the molecule is CCOC(=O)NC1CCCN(CC(=O)N2CCN(c3ccccc3F)CC2)C1. The average molecular weight is 392 g/mol. The first-order valence-corrected chi connectivity index (χ1v) is 9.99. The number of likely N-dealkylation sites (tertiary alicyclic amines) is 1. The van der Waals surface area contributed by atoms with Gasteiger partial charge in [-0.15, -0.1) is 0 Å². The smallest absolute Gasteiger partial charge is 0.407 e. The van der Waals surface area contributed by atoms with Gasteiger partial charge in [0.15, 0.2) is 0 Å². The van der Waals surface area contributed by atoms with Crippen LogP contribution in [-0.2, 0) is 9.53 Å². The first kappa shape index (κ1) is 20.4. The molecular weight excluding hydrogens is 363 g/mol. The average Bonchev–Trinajstić information content (AvgIpc) is 2.69. The normalized spacial score (nSPS) is 20.7. The molecule has 1 aromatic rings. The van der Waals surface area contributed by atoms with Crippen molar-refractivity contribution in [3.63, 3.8) is 0 Å². The van der Waals surface area contributed by atoms with Gasteiger partial charge in [-0.25, -0.2) is 9.18 Å². The maximum Gasteiger partial charge on any atom is 0.407 e. The predicted molar refractivity (Wildman–Crippen MR) is 105 cm³/mol. The van der Waals surface area contributed by atoms with Gasteiger partial charge >= 0.3 is 6.09 Å². The topological polar surface area (TPSA) is 65.1 Å². The molecule has 2 heterocycles. The second kappa shape index (κ2) is 9.73. The van der Waals surface area contributed by atoms with Gasteiger partial charge in [-0.05, 0) is 38.4 Å². The minimum absolute atomic E-state index is 0.0125. The highest BCUT2D eigenvalue weighted by molar-refractivity contribution is 5.78. The molecule has 2 saturated heterocycles. The Hall–Kier alpha value is -2.35. The number of ether oxygens (including phenoxy) is 1. The first-order chi connectivity index (χ1) is 13.6. The number of rotatable bonds is 5. The van der Waals surface area contributed by atoms with Gasteiger partial charge in [-0.1, -0.05) is 12.1 Å². The molecule has 8 heteroatoms. The molecule has 1 unspecified atom stereocenters. The third kappa shape index (κ3) is 5.34.